The van der Waals surface area contributed by atoms with Gasteiger partial charge >= 0.3 is 0 Å². The Morgan fingerprint density at radius 3 is 2.62 bits per heavy atom. The molecule has 2 rings (SSSR count). The smallest absolute Gasteiger partial charge is 0.279 e. The second-order valence-corrected chi connectivity index (χ2v) is 6.27. The molecular formula is C17H17FN2O3S. The van der Waals surface area contributed by atoms with E-state index in [0.29, 0.717) is 0 Å². The molecule has 2 N–H and O–H groups in total. The molecule has 0 saturated carbocycles. The third-order valence-electron chi connectivity index (χ3n) is 2.98. The molecule has 2 amide bonds. The number of carbonyl (C=O) groups excluding carboxylic acids is 2. The summed E-state index contributed by atoms with van der Waals surface area (Å²) in [6.07, 6.45) is 2.00. The minimum Gasteiger partial charge on any atom is -0.478 e. The molecule has 5 nitrogen and oxygen atoms in total. The first kappa shape index (κ1) is 17.7. The fourth-order valence-electron chi connectivity index (χ4n) is 1.75. The lowest BCUT2D eigenvalue weighted by Crippen LogP contribution is -2.46. The molecule has 1 heterocycles. The Balaban J connectivity index is 1.80. The van der Waals surface area contributed by atoms with Gasteiger partial charge in [-0.3, -0.25) is 20.4 Å². The molecule has 0 aliphatic rings. The van der Waals surface area contributed by atoms with Crippen LogP contribution in [-0.2, 0) is 9.59 Å². The van der Waals surface area contributed by atoms with Crippen molar-refractivity contribution in [2.24, 2.45) is 0 Å². The maximum atomic E-state index is 13.5. The number of hydrogen-bond acceptors (Lipinski definition) is 4. The van der Waals surface area contributed by atoms with Gasteiger partial charge in [-0.05, 0) is 44.2 Å². The molecule has 1 aromatic carbocycles. The maximum absolute atomic E-state index is 13.5. The van der Waals surface area contributed by atoms with Crippen molar-refractivity contribution >= 4 is 29.2 Å². The summed E-state index contributed by atoms with van der Waals surface area (Å²) in [5.41, 5.74) is 4.48. The summed E-state index contributed by atoms with van der Waals surface area (Å²) in [6.45, 7) is 3.43. The van der Waals surface area contributed by atoms with Crippen LogP contribution in [0, 0.1) is 12.7 Å². The Morgan fingerprint density at radius 2 is 1.96 bits per heavy atom. The van der Waals surface area contributed by atoms with E-state index in [1.54, 1.807) is 23.5 Å². The van der Waals surface area contributed by atoms with Gasteiger partial charge in [0.15, 0.2) is 17.7 Å². The zero-order valence-electron chi connectivity index (χ0n) is 13.2. The number of amides is 2. The fourth-order valence-corrected chi connectivity index (χ4v) is 2.53. The first-order valence-electron chi connectivity index (χ1n) is 7.21. The van der Waals surface area contributed by atoms with Gasteiger partial charge in [-0.2, -0.15) is 0 Å². The third-order valence-corrected chi connectivity index (χ3v) is 3.94. The number of aryl methyl sites for hydroxylation is 1. The normalized spacial score (nSPS) is 12.0. The molecule has 1 aromatic heterocycles. The molecule has 1 atom stereocenters. The van der Waals surface area contributed by atoms with Crippen LogP contribution in [0.5, 0.6) is 5.75 Å². The number of benzene rings is 1. The number of para-hydroxylation sites is 1. The number of thiophene rings is 1. The van der Waals surface area contributed by atoms with Gasteiger partial charge < -0.3 is 4.74 Å². The quantitative estimate of drug-likeness (QED) is 0.645. The topological polar surface area (TPSA) is 67.4 Å². The van der Waals surface area contributed by atoms with Crippen LogP contribution in [-0.4, -0.2) is 17.9 Å². The van der Waals surface area contributed by atoms with E-state index in [1.807, 2.05) is 19.1 Å². The summed E-state index contributed by atoms with van der Waals surface area (Å²) < 4.78 is 18.7. The molecule has 0 bridgehead atoms. The SMILES string of the molecule is Cc1ccc(/C=C/C(=O)NNC(=O)[C@H](C)Oc2ccccc2F)s1. The number of hydrogen-bond donors (Lipinski definition) is 2. The van der Waals surface area contributed by atoms with Crippen molar-refractivity contribution in [3.05, 3.63) is 58.0 Å². The van der Waals surface area contributed by atoms with Gasteiger partial charge in [-0.1, -0.05) is 12.1 Å². The van der Waals surface area contributed by atoms with Gasteiger partial charge in [0, 0.05) is 15.8 Å². The van der Waals surface area contributed by atoms with E-state index in [2.05, 4.69) is 10.9 Å². The summed E-state index contributed by atoms with van der Waals surface area (Å²) in [4.78, 5) is 25.6. The molecule has 0 aliphatic carbocycles. The number of hydrazine groups is 1. The van der Waals surface area contributed by atoms with Crippen LogP contribution in [0.25, 0.3) is 6.08 Å². The van der Waals surface area contributed by atoms with Crippen LogP contribution in [0.1, 0.15) is 16.7 Å². The van der Waals surface area contributed by atoms with Crippen LogP contribution < -0.4 is 15.6 Å². The molecule has 0 unspecified atom stereocenters. The highest BCUT2D eigenvalue weighted by Crippen LogP contribution is 2.17. The van der Waals surface area contributed by atoms with E-state index in [1.165, 1.54) is 31.2 Å². The average molecular weight is 348 g/mol. The lowest BCUT2D eigenvalue weighted by Gasteiger charge is -2.15. The van der Waals surface area contributed by atoms with Crippen molar-refractivity contribution in [2.45, 2.75) is 20.0 Å². The van der Waals surface area contributed by atoms with Gasteiger partial charge in [0.05, 0.1) is 0 Å². The number of ether oxygens (including phenoxy) is 1. The first-order chi connectivity index (χ1) is 11.5. The predicted octanol–water partition coefficient (Wildman–Crippen LogP) is 2.82. The van der Waals surface area contributed by atoms with Crippen molar-refractivity contribution < 1.29 is 18.7 Å². The van der Waals surface area contributed by atoms with Crippen molar-refractivity contribution in [1.29, 1.82) is 0 Å². The van der Waals surface area contributed by atoms with E-state index in [9.17, 15) is 14.0 Å². The molecule has 24 heavy (non-hydrogen) atoms. The van der Waals surface area contributed by atoms with Crippen molar-refractivity contribution in [3.8, 4) is 5.75 Å². The minimum atomic E-state index is -0.967. The van der Waals surface area contributed by atoms with Crippen LogP contribution in [0.15, 0.2) is 42.5 Å². The monoisotopic (exact) mass is 348 g/mol. The minimum absolute atomic E-state index is 0.0283. The van der Waals surface area contributed by atoms with Crippen molar-refractivity contribution in [3.63, 3.8) is 0 Å². The third kappa shape index (κ3) is 5.20. The van der Waals surface area contributed by atoms with E-state index in [-0.39, 0.29) is 5.75 Å². The highest BCUT2D eigenvalue weighted by Gasteiger charge is 2.16. The van der Waals surface area contributed by atoms with Crippen LogP contribution in [0.2, 0.25) is 0 Å². The summed E-state index contributed by atoms with van der Waals surface area (Å²) in [5, 5.41) is 0. The molecule has 0 radical (unpaired) electrons. The Hall–Kier alpha value is -2.67. The molecule has 0 spiro atoms. The Labute approximate surface area is 143 Å². The second kappa shape index (κ2) is 8.26. The van der Waals surface area contributed by atoms with Crippen molar-refractivity contribution in [1.82, 2.24) is 10.9 Å². The summed E-state index contributed by atoms with van der Waals surface area (Å²) in [5.74, 6) is -1.66. The summed E-state index contributed by atoms with van der Waals surface area (Å²) in [7, 11) is 0. The lowest BCUT2D eigenvalue weighted by molar-refractivity contribution is -0.131. The number of halogens is 1. The van der Waals surface area contributed by atoms with Gasteiger partial charge in [-0.15, -0.1) is 11.3 Å². The Kier molecular flexibility index (Phi) is 6.08. The zero-order valence-corrected chi connectivity index (χ0v) is 14.0. The van der Waals surface area contributed by atoms with Gasteiger partial charge in [-0.25, -0.2) is 4.39 Å². The van der Waals surface area contributed by atoms with E-state index >= 15 is 0 Å². The molecule has 0 saturated heterocycles. The van der Waals surface area contributed by atoms with Gasteiger partial charge in [0.2, 0.25) is 0 Å². The maximum Gasteiger partial charge on any atom is 0.279 e. The summed E-state index contributed by atoms with van der Waals surface area (Å²) >= 11 is 1.55. The van der Waals surface area contributed by atoms with Gasteiger partial charge in [0.1, 0.15) is 0 Å². The largest absolute Gasteiger partial charge is 0.478 e. The molecule has 2 aromatic rings. The highest BCUT2D eigenvalue weighted by atomic mass is 32.1. The van der Waals surface area contributed by atoms with E-state index < -0.39 is 23.7 Å². The molecule has 126 valence electrons. The molecular weight excluding hydrogens is 331 g/mol. The van der Waals surface area contributed by atoms with E-state index in [4.69, 9.17) is 4.74 Å². The average Bonchev–Trinajstić information content (AvgIpc) is 2.98. The molecule has 0 aliphatic heterocycles. The van der Waals surface area contributed by atoms with Gasteiger partial charge in [0.25, 0.3) is 11.8 Å². The Bertz CT molecular complexity index is 758. The van der Waals surface area contributed by atoms with E-state index in [0.717, 1.165) is 9.75 Å². The lowest BCUT2D eigenvalue weighted by atomic mass is 10.3. The molecule has 0 fully saturated rings. The first-order valence-corrected chi connectivity index (χ1v) is 8.03. The van der Waals surface area contributed by atoms with Crippen LogP contribution in [0.3, 0.4) is 0 Å². The van der Waals surface area contributed by atoms with Crippen molar-refractivity contribution in [2.75, 3.05) is 0 Å². The highest BCUT2D eigenvalue weighted by molar-refractivity contribution is 7.12. The standard InChI is InChI=1S/C17H17FN2O3S/c1-11-7-8-13(24-11)9-10-16(21)19-20-17(22)12(2)23-15-6-4-3-5-14(15)18/h3-10,12H,1-2H3,(H,19,21)(H,20,22)/b10-9+/t12-/m0/s1. The fraction of sp³-hybridized carbons (Fsp3) is 0.176. The summed E-state index contributed by atoms with van der Waals surface area (Å²) in [6, 6.07) is 9.62. The zero-order chi connectivity index (χ0) is 17.5. The molecule has 7 heteroatoms. The second-order valence-electron chi connectivity index (χ2n) is 4.95. The van der Waals surface area contributed by atoms with Crippen LogP contribution in [0.4, 0.5) is 4.39 Å². The number of rotatable bonds is 5. The Morgan fingerprint density at radius 1 is 1.21 bits per heavy atom. The predicted molar refractivity (Wildman–Crippen MR) is 90.9 cm³/mol. The number of nitrogens with one attached hydrogen (secondary N) is 2. The van der Waals surface area contributed by atoms with Crippen LogP contribution >= 0.6 is 11.3 Å². The number of carbonyl (C=O) groups is 2.